The van der Waals surface area contributed by atoms with Gasteiger partial charge in [0.2, 0.25) is 11.8 Å². The van der Waals surface area contributed by atoms with Crippen molar-refractivity contribution in [3.63, 3.8) is 0 Å². The Bertz CT molecular complexity index is 979. The summed E-state index contributed by atoms with van der Waals surface area (Å²) >= 11 is 0. The van der Waals surface area contributed by atoms with E-state index in [4.69, 9.17) is 4.74 Å². The van der Waals surface area contributed by atoms with Crippen LogP contribution >= 0.6 is 0 Å². The molecule has 0 aromatic heterocycles. The van der Waals surface area contributed by atoms with E-state index < -0.39 is 17.9 Å². The van der Waals surface area contributed by atoms with Gasteiger partial charge >= 0.3 is 0 Å². The van der Waals surface area contributed by atoms with E-state index in [9.17, 15) is 14.4 Å². The molecule has 3 rings (SSSR count). The van der Waals surface area contributed by atoms with Crippen LogP contribution in [0.5, 0.6) is 5.75 Å². The summed E-state index contributed by atoms with van der Waals surface area (Å²) in [7, 11) is 0. The van der Waals surface area contributed by atoms with Crippen LogP contribution in [0.25, 0.3) is 6.08 Å². The highest BCUT2D eigenvalue weighted by molar-refractivity contribution is 5.84. The predicted octanol–water partition coefficient (Wildman–Crippen LogP) is 2.79. The van der Waals surface area contributed by atoms with Crippen LogP contribution in [0.2, 0.25) is 0 Å². The summed E-state index contributed by atoms with van der Waals surface area (Å²) in [6.07, 6.45) is 3.54. The maximum atomic E-state index is 12.4. The summed E-state index contributed by atoms with van der Waals surface area (Å²) < 4.78 is 5.58. The summed E-state index contributed by atoms with van der Waals surface area (Å²) in [4.78, 5) is 38.0. The minimum atomic E-state index is -0.474. The number of ether oxygens (including phenoxy) is 1. The van der Waals surface area contributed by atoms with Gasteiger partial charge in [-0.2, -0.15) is 0 Å². The topological polar surface area (TPSA) is 87.7 Å². The first kappa shape index (κ1) is 21.1. The Labute approximate surface area is 175 Å². The molecule has 0 aliphatic carbocycles. The molecule has 2 aromatic rings. The van der Waals surface area contributed by atoms with Crippen molar-refractivity contribution < 1.29 is 19.1 Å². The van der Waals surface area contributed by atoms with Gasteiger partial charge < -0.3 is 9.64 Å². The number of hydrogen-bond donors (Lipinski definition) is 2. The van der Waals surface area contributed by atoms with E-state index in [-0.39, 0.29) is 18.9 Å². The Hall–Kier alpha value is -3.61. The summed E-state index contributed by atoms with van der Waals surface area (Å²) in [5.41, 5.74) is 8.47. The van der Waals surface area contributed by atoms with Crippen molar-refractivity contribution >= 4 is 23.8 Å². The fraction of sp³-hybridized carbons (Fsp3) is 0.261. The number of para-hydroxylation sites is 1. The van der Waals surface area contributed by atoms with Crippen LogP contribution in [-0.4, -0.2) is 29.2 Å². The number of benzene rings is 2. The first-order valence-electron chi connectivity index (χ1n) is 9.69. The van der Waals surface area contributed by atoms with E-state index in [0.29, 0.717) is 5.75 Å². The second kappa shape index (κ2) is 9.26. The lowest BCUT2D eigenvalue weighted by Gasteiger charge is -2.32. The Kier molecular flexibility index (Phi) is 6.51. The van der Waals surface area contributed by atoms with Crippen molar-refractivity contribution in [3.8, 4) is 5.75 Å². The first-order chi connectivity index (χ1) is 14.4. The van der Waals surface area contributed by atoms with Crippen molar-refractivity contribution in [1.29, 1.82) is 0 Å². The van der Waals surface area contributed by atoms with Crippen molar-refractivity contribution in [1.82, 2.24) is 15.8 Å². The van der Waals surface area contributed by atoms with Gasteiger partial charge in [-0.3, -0.25) is 25.2 Å². The number of nitrogens with zero attached hydrogens (tertiary/aromatic N) is 1. The van der Waals surface area contributed by atoms with E-state index in [1.807, 2.05) is 62.4 Å². The molecule has 0 saturated carbocycles. The van der Waals surface area contributed by atoms with E-state index in [1.54, 1.807) is 6.20 Å². The number of aryl methyl sites for hydroxylation is 2. The fourth-order valence-electron chi connectivity index (χ4n) is 3.48. The molecule has 3 amide bonds. The van der Waals surface area contributed by atoms with Crippen LogP contribution in [0.4, 0.5) is 0 Å². The molecule has 0 fully saturated rings. The third kappa shape index (κ3) is 4.86. The lowest BCUT2D eigenvalue weighted by atomic mass is 9.93. The van der Waals surface area contributed by atoms with Crippen LogP contribution in [0.3, 0.4) is 0 Å². The van der Waals surface area contributed by atoms with E-state index >= 15 is 0 Å². The Morgan fingerprint density at radius 1 is 0.967 bits per heavy atom. The summed E-state index contributed by atoms with van der Waals surface area (Å²) in [6, 6.07) is 12.9. The fourth-order valence-corrected chi connectivity index (χ4v) is 3.48. The average molecular weight is 407 g/mol. The second-order valence-electron chi connectivity index (χ2n) is 7.20. The van der Waals surface area contributed by atoms with Crippen LogP contribution in [0.1, 0.15) is 41.6 Å². The first-order valence-corrected chi connectivity index (χ1v) is 9.69. The lowest BCUT2D eigenvalue weighted by molar-refractivity contribution is -0.132. The minimum Gasteiger partial charge on any atom is -0.483 e. The van der Waals surface area contributed by atoms with Gasteiger partial charge in [-0.25, -0.2) is 0 Å². The average Bonchev–Trinajstić information content (AvgIpc) is 2.72. The molecular formula is C23H25N3O4. The third-order valence-electron chi connectivity index (χ3n) is 4.95. The summed E-state index contributed by atoms with van der Waals surface area (Å²) in [6.45, 7) is 5.04. The Morgan fingerprint density at radius 3 is 2.33 bits per heavy atom. The van der Waals surface area contributed by atoms with Crippen LogP contribution in [0, 0.1) is 13.8 Å². The zero-order valence-corrected chi connectivity index (χ0v) is 17.3. The maximum absolute atomic E-state index is 12.4. The second-order valence-corrected chi connectivity index (χ2v) is 7.20. The van der Waals surface area contributed by atoms with Crippen molar-refractivity contribution in [3.05, 3.63) is 70.9 Å². The van der Waals surface area contributed by atoms with E-state index in [1.165, 1.54) is 11.8 Å². The van der Waals surface area contributed by atoms with Gasteiger partial charge in [-0.1, -0.05) is 42.5 Å². The van der Waals surface area contributed by atoms with Gasteiger partial charge in [0.15, 0.2) is 6.61 Å². The van der Waals surface area contributed by atoms with Gasteiger partial charge in [-0.15, -0.1) is 0 Å². The zero-order chi connectivity index (χ0) is 21.7. The SMILES string of the molecule is CC(=O)N1C=Cc2ccccc2[C@H]1CC(=O)NNC(=O)COc1c(C)cccc1C. The highest BCUT2D eigenvalue weighted by Gasteiger charge is 2.28. The van der Waals surface area contributed by atoms with Crippen molar-refractivity contribution in [2.75, 3.05) is 6.61 Å². The normalized spacial score (nSPS) is 14.6. The van der Waals surface area contributed by atoms with Crippen molar-refractivity contribution in [2.45, 2.75) is 33.2 Å². The number of hydrazine groups is 1. The molecule has 30 heavy (non-hydrogen) atoms. The van der Waals surface area contributed by atoms with Gasteiger partial charge in [0.1, 0.15) is 5.75 Å². The molecule has 156 valence electrons. The molecular weight excluding hydrogens is 382 g/mol. The number of hydrogen-bond acceptors (Lipinski definition) is 4. The molecule has 7 nitrogen and oxygen atoms in total. The largest absolute Gasteiger partial charge is 0.483 e. The number of amides is 3. The van der Waals surface area contributed by atoms with Crippen molar-refractivity contribution in [2.24, 2.45) is 0 Å². The predicted molar refractivity (Wildman–Crippen MR) is 113 cm³/mol. The quantitative estimate of drug-likeness (QED) is 0.746. The Morgan fingerprint density at radius 2 is 1.63 bits per heavy atom. The smallest absolute Gasteiger partial charge is 0.276 e. The summed E-state index contributed by atoms with van der Waals surface area (Å²) in [5.74, 6) is -0.388. The Balaban J connectivity index is 1.56. The molecule has 1 atom stereocenters. The molecule has 0 saturated heterocycles. The van der Waals surface area contributed by atoms with Crippen LogP contribution < -0.4 is 15.6 Å². The highest BCUT2D eigenvalue weighted by Crippen LogP contribution is 2.32. The molecule has 1 aliphatic heterocycles. The molecule has 0 bridgehead atoms. The monoisotopic (exact) mass is 407 g/mol. The molecule has 0 spiro atoms. The maximum Gasteiger partial charge on any atom is 0.276 e. The van der Waals surface area contributed by atoms with Gasteiger partial charge in [0, 0.05) is 13.1 Å². The highest BCUT2D eigenvalue weighted by atomic mass is 16.5. The van der Waals surface area contributed by atoms with Gasteiger partial charge in [0.05, 0.1) is 12.5 Å². The molecule has 1 heterocycles. The number of carbonyl (C=O) groups is 3. The zero-order valence-electron chi connectivity index (χ0n) is 17.3. The molecule has 0 radical (unpaired) electrons. The number of fused-ring (bicyclic) bond motifs is 1. The third-order valence-corrected chi connectivity index (χ3v) is 4.95. The molecule has 2 N–H and O–H groups in total. The van der Waals surface area contributed by atoms with Crippen LogP contribution in [0.15, 0.2) is 48.7 Å². The van der Waals surface area contributed by atoms with E-state index in [0.717, 1.165) is 22.3 Å². The van der Waals surface area contributed by atoms with Crippen LogP contribution in [-0.2, 0) is 14.4 Å². The molecule has 2 aromatic carbocycles. The minimum absolute atomic E-state index is 0.0129. The lowest BCUT2D eigenvalue weighted by Crippen LogP contribution is -2.45. The number of rotatable bonds is 5. The van der Waals surface area contributed by atoms with Gasteiger partial charge in [-0.05, 0) is 42.2 Å². The summed E-state index contributed by atoms with van der Waals surface area (Å²) in [5, 5.41) is 0. The van der Waals surface area contributed by atoms with Gasteiger partial charge in [0.25, 0.3) is 5.91 Å². The number of nitrogens with one attached hydrogen (secondary N) is 2. The van der Waals surface area contributed by atoms with E-state index in [2.05, 4.69) is 10.9 Å². The molecule has 7 heteroatoms. The molecule has 1 aliphatic rings. The molecule has 0 unspecified atom stereocenters. The standard InChI is InChI=1S/C23H25N3O4/c1-15-7-6-8-16(2)23(15)30-14-22(29)25-24-21(28)13-20-19-10-5-4-9-18(19)11-12-26(20)17(3)27/h4-12,20H,13-14H2,1-3H3,(H,24,28)(H,25,29)/t20-/m1/s1. The number of carbonyl (C=O) groups excluding carboxylic acids is 3.